The summed E-state index contributed by atoms with van der Waals surface area (Å²) in [4.78, 5) is 25.0. The number of carbonyl (C=O) groups is 2. The number of rotatable bonds is 7. The van der Waals surface area contributed by atoms with Crippen LogP contribution in [0.3, 0.4) is 0 Å². The zero-order valence-corrected chi connectivity index (χ0v) is 12.7. The summed E-state index contributed by atoms with van der Waals surface area (Å²) in [5, 5.41) is 0.678. The summed E-state index contributed by atoms with van der Waals surface area (Å²) in [6.45, 7) is 0.700. The van der Waals surface area contributed by atoms with Crippen molar-refractivity contribution in [3.8, 4) is 0 Å². The SMILES string of the molecule is COCCN(CC(N)=O)C(=O)[C@H]1C[C@@H]1c1ccc(Cl)cc1. The Kier molecular flexibility index (Phi) is 5.20. The van der Waals surface area contributed by atoms with Crippen LogP contribution in [0, 0.1) is 5.92 Å². The minimum atomic E-state index is -0.511. The molecule has 0 unspecified atom stereocenters. The molecule has 0 aliphatic heterocycles. The molecule has 2 N–H and O–H groups in total. The van der Waals surface area contributed by atoms with Gasteiger partial charge in [-0.15, -0.1) is 0 Å². The molecule has 2 amide bonds. The first-order chi connectivity index (χ1) is 10.0. The van der Waals surface area contributed by atoms with Gasteiger partial charge in [-0.25, -0.2) is 0 Å². The lowest BCUT2D eigenvalue weighted by atomic mass is 10.1. The second-order valence-corrected chi connectivity index (χ2v) is 5.66. The number of nitrogens with zero attached hydrogens (tertiary/aromatic N) is 1. The standard InChI is InChI=1S/C15H19ClN2O3/c1-21-7-6-18(9-14(17)19)15(20)13-8-12(13)10-2-4-11(16)5-3-10/h2-5,12-13H,6-9H2,1H3,(H2,17,19)/t12-,13+/m1/s1. The predicted molar refractivity (Wildman–Crippen MR) is 80.0 cm³/mol. The van der Waals surface area contributed by atoms with Crippen LogP contribution < -0.4 is 5.73 Å². The smallest absolute Gasteiger partial charge is 0.237 e. The van der Waals surface area contributed by atoms with E-state index in [0.29, 0.717) is 18.2 Å². The van der Waals surface area contributed by atoms with E-state index in [0.717, 1.165) is 12.0 Å². The highest BCUT2D eigenvalue weighted by molar-refractivity contribution is 6.30. The second-order valence-electron chi connectivity index (χ2n) is 5.22. The van der Waals surface area contributed by atoms with Crippen LogP contribution in [0.1, 0.15) is 17.9 Å². The summed E-state index contributed by atoms with van der Waals surface area (Å²) in [5.74, 6) is -0.427. The normalized spacial score (nSPS) is 20.1. The molecule has 1 aromatic rings. The van der Waals surface area contributed by atoms with Crippen LogP contribution in [0.4, 0.5) is 0 Å². The monoisotopic (exact) mass is 310 g/mol. The number of hydrogen-bond donors (Lipinski definition) is 1. The molecule has 5 nitrogen and oxygen atoms in total. The summed E-state index contributed by atoms with van der Waals surface area (Å²) < 4.78 is 4.97. The molecule has 114 valence electrons. The van der Waals surface area contributed by atoms with Gasteiger partial charge in [-0.2, -0.15) is 0 Å². The summed E-state index contributed by atoms with van der Waals surface area (Å²) in [7, 11) is 1.56. The molecule has 1 aliphatic carbocycles. The van der Waals surface area contributed by atoms with Gasteiger partial charge in [0.15, 0.2) is 0 Å². The molecular weight excluding hydrogens is 292 g/mol. The molecule has 0 saturated heterocycles. The van der Waals surface area contributed by atoms with Gasteiger partial charge < -0.3 is 15.4 Å². The Balaban J connectivity index is 1.98. The second kappa shape index (κ2) is 6.91. The topological polar surface area (TPSA) is 72.6 Å². The van der Waals surface area contributed by atoms with Crippen LogP contribution in [-0.2, 0) is 14.3 Å². The van der Waals surface area contributed by atoms with Crippen LogP contribution in [0.2, 0.25) is 5.02 Å². The third-order valence-electron chi connectivity index (χ3n) is 3.63. The van der Waals surface area contributed by atoms with E-state index in [1.807, 2.05) is 24.3 Å². The summed E-state index contributed by atoms with van der Waals surface area (Å²) >= 11 is 5.86. The van der Waals surface area contributed by atoms with E-state index in [2.05, 4.69) is 0 Å². The first-order valence-electron chi connectivity index (χ1n) is 6.84. The van der Waals surface area contributed by atoms with Gasteiger partial charge in [0, 0.05) is 24.6 Å². The zero-order valence-electron chi connectivity index (χ0n) is 11.9. The third-order valence-corrected chi connectivity index (χ3v) is 3.88. The van der Waals surface area contributed by atoms with Gasteiger partial charge in [-0.1, -0.05) is 23.7 Å². The zero-order chi connectivity index (χ0) is 15.4. The largest absolute Gasteiger partial charge is 0.383 e. The minimum Gasteiger partial charge on any atom is -0.383 e. The lowest BCUT2D eigenvalue weighted by Crippen LogP contribution is -2.41. The third kappa shape index (κ3) is 4.19. The Bertz CT molecular complexity index is 518. The van der Waals surface area contributed by atoms with Gasteiger partial charge >= 0.3 is 0 Å². The molecule has 1 aliphatic rings. The van der Waals surface area contributed by atoms with Gasteiger partial charge in [-0.3, -0.25) is 9.59 Å². The van der Waals surface area contributed by atoms with Crippen LogP contribution in [0.5, 0.6) is 0 Å². The molecule has 0 aromatic heterocycles. The average Bonchev–Trinajstić information content (AvgIpc) is 3.23. The molecule has 21 heavy (non-hydrogen) atoms. The number of amides is 2. The lowest BCUT2D eigenvalue weighted by molar-refractivity contribution is -0.137. The Hall–Kier alpha value is -1.59. The lowest BCUT2D eigenvalue weighted by Gasteiger charge is -2.21. The maximum Gasteiger partial charge on any atom is 0.237 e. The fraction of sp³-hybridized carbons (Fsp3) is 0.467. The number of halogens is 1. The number of benzene rings is 1. The van der Waals surface area contributed by atoms with Gasteiger partial charge in [0.1, 0.15) is 0 Å². The summed E-state index contributed by atoms with van der Waals surface area (Å²) in [5.41, 5.74) is 6.30. The first-order valence-corrected chi connectivity index (χ1v) is 7.22. The fourth-order valence-corrected chi connectivity index (χ4v) is 2.56. The molecular formula is C15H19ClN2O3. The van der Waals surface area contributed by atoms with Crippen LogP contribution in [0.15, 0.2) is 24.3 Å². The molecule has 1 aromatic carbocycles. The molecule has 1 fully saturated rings. The van der Waals surface area contributed by atoms with E-state index in [4.69, 9.17) is 22.1 Å². The Morgan fingerprint density at radius 2 is 2.05 bits per heavy atom. The maximum absolute atomic E-state index is 12.4. The van der Waals surface area contributed by atoms with Gasteiger partial charge in [0.2, 0.25) is 11.8 Å². The van der Waals surface area contributed by atoms with Crippen molar-refractivity contribution in [2.75, 3.05) is 26.8 Å². The number of ether oxygens (including phenoxy) is 1. The van der Waals surface area contributed by atoms with Crippen molar-refractivity contribution in [3.05, 3.63) is 34.9 Å². The summed E-state index contributed by atoms with van der Waals surface area (Å²) in [6.07, 6.45) is 0.794. The molecule has 0 spiro atoms. The van der Waals surface area contributed by atoms with Crippen molar-refractivity contribution >= 4 is 23.4 Å². The highest BCUT2D eigenvalue weighted by Gasteiger charge is 2.45. The van der Waals surface area contributed by atoms with E-state index in [1.165, 1.54) is 4.90 Å². The van der Waals surface area contributed by atoms with Crippen molar-refractivity contribution in [2.24, 2.45) is 11.7 Å². The van der Waals surface area contributed by atoms with Crippen molar-refractivity contribution in [2.45, 2.75) is 12.3 Å². The van der Waals surface area contributed by atoms with E-state index in [9.17, 15) is 9.59 Å². The molecule has 2 rings (SSSR count). The highest BCUT2D eigenvalue weighted by atomic mass is 35.5. The van der Waals surface area contributed by atoms with Crippen molar-refractivity contribution in [1.29, 1.82) is 0 Å². The quantitative estimate of drug-likeness (QED) is 0.827. The Morgan fingerprint density at radius 3 is 2.62 bits per heavy atom. The maximum atomic E-state index is 12.4. The van der Waals surface area contributed by atoms with Crippen LogP contribution in [0.25, 0.3) is 0 Å². The average molecular weight is 311 g/mol. The minimum absolute atomic E-state index is 0.0363. The fourth-order valence-electron chi connectivity index (χ4n) is 2.44. The van der Waals surface area contributed by atoms with E-state index >= 15 is 0 Å². The van der Waals surface area contributed by atoms with Crippen LogP contribution in [-0.4, -0.2) is 43.5 Å². The predicted octanol–water partition coefficient (Wildman–Crippen LogP) is 1.40. The number of primary amides is 1. The van der Waals surface area contributed by atoms with E-state index in [1.54, 1.807) is 7.11 Å². The molecule has 0 bridgehead atoms. The molecule has 1 saturated carbocycles. The highest BCUT2D eigenvalue weighted by Crippen LogP contribution is 2.48. The van der Waals surface area contributed by atoms with Crippen molar-refractivity contribution < 1.29 is 14.3 Å². The Labute approximate surface area is 129 Å². The molecule has 2 atom stereocenters. The van der Waals surface area contributed by atoms with E-state index < -0.39 is 5.91 Å². The number of hydrogen-bond acceptors (Lipinski definition) is 3. The van der Waals surface area contributed by atoms with Crippen molar-refractivity contribution in [1.82, 2.24) is 4.90 Å². The molecule has 0 radical (unpaired) electrons. The summed E-state index contributed by atoms with van der Waals surface area (Å²) in [6, 6.07) is 7.52. The van der Waals surface area contributed by atoms with Crippen molar-refractivity contribution in [3.63, 3.8) is 0 Å². The van der Waals surface area contributed by atoms with Crippen LogP contribution >= 0.6 is 11.6 Å². The number of nitrogens with two attached hydrogens (primary N) is 1. The molecule has 6 heteroatoms. The number of methoxy groups -OCH3 is 1. The van der Waals surface area contributed by atoms with Gasteiger partial charge in [0.05, 0.1) is 13.2 Å². The molecule has 0 heterocycles. The first kappa shape index (κ1) is 15.8. The Morgan fingerprint density at radius 1 is 1.38 bits per heavy atom. The number of carbonyl (C=O) groups excluding carboxylic acids is 2. The van der Waals surface area contributed by atoms with Gasteiger partial charge in [0.25, 0.3) is 0 Å². The van der Waals surface area contributed by atoms with E-state index in [-0.39, 0.29) is 24.3 Å². The van der Waals surface area contributed by atoms with Gasteiger partial charge in [-0.05, 0) is 30.0 Å².